The van der Waals surface area contributed by atoms with Gasteiger partial charge in [-0.1, -0.05) is 298 Å². The van der Waals surface area contributed by atoms with Crippen molar-refractivity contribution < 1.29 is 28.6 Å². The zero-order valence-corrected chi connectivity index (χ0v) is 53.5. The maximum atomic E-state index is 12.9. The van der Waals surface area contributed by atoms with Crippen LogP contribution < -0.4 is 0 Å². The molecule has 0 aromatic carbocycles. The van der Waals surface area contributed by atoms with E-state index in [0.717, 1.165) is 109 Å². The van der Waals surface area contributed by atoms with Gasteiger partial charge >= 0.3 is 17.9 Å². The van der Waals surface area contributed by atoms with Crippen molar-refractivity contribution in [2.24, 2.45) is 0 Å². The predicted molar refractivity (Wildman–Crippen MR) is 353 cm³/mol. The van der Waals surface area contributed by atoms with Crippen molar-refractivity contribution in [1.29, 1.82) is 0 Å². The number of hydrogen-bond acceptors (Lipinski definition) is 6. The first-order chi connectivity index (χ1) is 40.0. The Morgan fingerprint density at radius 1 is 0.259 bits per heavy atom. The van der Waals surface area contributed by atoms with Crippen LogP contribution in [0, 0.1) is 0 Å². The second-order valence-corrected chi connectivity index (χ2v) is 23.1. The summed E-state index contributed by atoms with van der Waals surface area (Å²) >= 11 is 0. The van der Waals surface area contributed by atoms with Crippen molar-refractivity contribution in [3.05, 3.63) is 97.2 Å². The quantitative estimate of drug-likeness (QED) is 0.0261. The minimum Gasteiger partial charge on any atom is -0.462 e. The van der Waals surface area contributed by atoms with Crippen molar-refractivity contribution in [3.63, 3.8) is 0 Å². The van der Waals surface area contributed by atoms with Gasteiger partial charge in [0, 0.05) is 19.3 Å². The van der Waals surface area contributed by atoms with Gasteiger partial charge in [-0.2, -0.15) is 0 Å². The number of carbonyl (C=O) groups is 3. The molecule has 466 valence electrons. The lowest BCUT2D eigenvalue weighted by Gasteiger charge is -2.18. The average Bonchev–Trinajstić information content (AvgIpc) is 3.47. The lowest BCUT2D eigenvalue weighted by molar-refractivity contribution is -0.167. The zero-order chi connectivity index (χ0) is 58.5. The fraction of sp³-hybridized carbons (Fsp3) is 0.747. The summed E-state index contributed by atoms with van der Waals surface area (Å²) in [6.07, 6.45) is 92.9. The number of hydrogen-bond donors (Lipinski definition) is 0. The molecule has 1 atom stereocenters. The molecule has 0 rings (SSSR count). The van der Waals surface area contributed by atoms with E-state index in [1.807, 2.05) is 0 Å². The van der Waals surface area contributed by atoms with Gasteiger partial charge in [0.2, 0.25) is 0 Å². The van der Waals surface area contributed by atoms with Crippen molar-refractivity contribution in [2.75, 3.05) is 13.2 Å². The second kappa shape index (κ2) is 68.8. The Balaban J connectivity index is 4.31. The van der Waals surface area contributed by atoms with E-state index in [2.05, 4.69) is 118 Å². The van der Waals surface area contributed by atoms with Crippen LogP contribution in [0.4, 0.5) is 0 Å². The van der Waals surface area contributed by atoms with E-state index in [4.69, 9.17) is 14.2 Å². The Morgan fingerprint density at radius 2 is 0.481 bits per heavy atom. The van der Waals surface area contributed by atoms with E-state index in [9.17, 15) is 14.4 Å². The van der Waals surface area contributed by atoms with Gasteiger partial charge in [0.05, 0.1) is 0 Å². The minimum absolute atomic E-state index is 0.0916. The van der Waals surface area contributed by atoms with Crippen LogP contribution in [0.15, 0.2) is 97.2 Å². The molecular weight excluding hydrogens is 997 g/mol. The lowest BCUT2D eigenvalue weighted by Crippen LogP contribution is -2.30. The smallest absolute Gasteiger partial charge is 0.306 e. The monoisotopic (exact) mass is 1130 g/mol. The third-order valence-electron chi connectivity index (χ3n) is 15.0. The molecular formula is C75H130O6. The third-order valence-corrected chi connectivity index (χ3v) is 15.0. The van der Waals surface area contributed by atoms with Gasteiger partial charge in [-0.25, -0.2) is 0 Å². The van der Waals surface area contributed by atoms with Crippen LogP contribution in [0.25, 0.3) is 0 Å². The van der Waals surface area contributed by atoms with Crippen LogP contribution >= 0.6 is 0 Å². The van der Waals surface area contributed by atoms with E-state index >= 15 is 0 Å². The van der Waals surface area contributed by atoms with E-state index in [0.29, 0.717) is 12.8 Å². The number of ether oxygens (including phenoxy) is 3. The molecule has 0 bridgehead atoms. The molecule has 0 spiro atoms. The van der Waals surface area contributed by atoms with Crippen LogP contribution in [-0.4, -0.2) is 37.2 Å². The molecule has 0 aliphatic heterocycles. The summed E-state index contributed by atoms with van der Waals surface area (Å²) < 4.78 is 16.9. The first-order valence-electron chi connectivity index (χ1n) is 34.7. The minimum atomic E-state index is -0.800. The number of rotatable bonds is 63. The normalized spacial score (nSPS) is 12.7. The van der Waals surface area contributed by atoms with Gasteiger partial charge < -0.3 is 14.2 Å². The van der Waals surface area contributed by atoms with E-state index in [1.54, 1.807) is 0 Å². The Labute approximate surface area is 502 Å². The molecule has 81 heavy (non-hydrogen) atoms. The Kier molecular flexibility index (Phi) is 65.7. The van der Waals surface area contributed by atoms with Gasteiger partial charge in [0.15, 0.2) is 6.10 Å². The standard InChI is InChI=1S/C75H130O6/c1-4-7-10-13-16-19-22-25-28-30-32-33-34-35-36-37-38-39-40-41-43-44-47-50-53-56-59-62-65-68-74(77)80-71-72(70-79-73(76)67-64-61-58-55-52-49-46-27-24-21-18-15-12-9-6-3)81-75(78)69-66-63-60-57-54-51-48-45-42-31-29-26-23-20-17-14-11-8-5-2/h8,11,17,20,22,25-27,29-30,32,42,45-46,51,54,72H,4-7,9-10,12-16,18-19,21,23-24,28,31,33-41,43-44,47-50,52-53,55-71H2,1-3H3/b11-8-,20-17-,25-22-,29-26-,32-30-,45-42-,46-27-,54-51-. The number of allylic oxidation sites excluding steroid dienone is 16. The van der Waals surface area contributed by atoms with Crippen LogP contribution in [0.5, 0.6) is 0 Å². The highest BCUT2D eigenvalue weighted by molar-refractivity contribution is 5.71. The molecule has 1 unspecified atom stereocenters. The summed E-state index contributed by atoms with van der Waals surface area (Å²) in [4.78, 5) is 38.4. The average molecular weight is 1130 g/mol. The summed E-state index contributed by atoms with van der Waals surface area (Å²) in [5, 5.41) is 0. The van der Waals surface area contributed by atoms with Crippen molar-refractivity contribution in [1.82, 2.24) is 0 Å². The molecule has 6 nitrogen and oxygen atoms in total. The molecule has 6 heteroatoms. The summed E-state index contributed by atoms with van der Waals surface area (Å²) in [5.74, 6) is -0.919. The van der Waals surface area contributed by atoms with Gasteiger partial charge in [0.1, 0.15) is 13.2 Å². The van der Waals surface area contributed by atoms with Crippen LogP contribution in [-0.2, 0) is 28.6 Å². The summed E-state index contributed by atoms with van der Waals surface area (Å²) in [6.45, 7) is 6.51. The van der Waals surface area contributed by atoms with Gasteiger partial charge in [0.25, 0.3) is 0 Å². The van der Waals surface area contributed by atoms with Gasteiger partial charge in [-0.05, 0) is 122 Å². The SMILES string of the molecule is CC/C=C\C/C=C\C/C=C\C/C=C\C/C=C\CCCCCC(=O)OC(COC(=O)CCCCCCC/C=C\CCCCCCCC)COC(=O)CCCCCCCCCCCCCCCCCCC/C=C\C/C=C\CCCCCCC. The molecule has 0 heterocycles. The molecule has 0 saturated heterocycles. The molecule has 0 aliphatic rings. The van der Waals surface area contributed by atoms with Gasteiger partial charge in [-0.3, -0.25) is 14.4 Å². The summed E-state index contributed by atoms with van der Waals surface area (Å²) in [6, 6.07) is 0. The van der Waals surface area contributed by atoms with Gasteiger partial charge in [-0.15, -0.1) is 0 Å². The molecule has 0 aliphatic carbocycles. The lowest BCUT2D eigenvalue weighted by atomic mass is 10.0. The van der Waals surface area contributed by atoms with Crippen LogP contribution in [0.2, 0.25) is 0 Å². The summed E-state index contributed by atoms with van der Waals surface area (Å²) in [5.41, 5.74) is 0. The molecule has 0 fully saturated rings. The molecule has 0 aromatic rings. The van der Waals surface area contributed by atoms with E-state index in [-0.39, 0.29) is 37.5 Å². The Hall–Kier alpha value is -3.67. The third kappa shape index (κ3) is 67.0. The molecule has 0 aromatic heterocycles. The molecule has 0 saturated carbocycles. The maximum absolute atomic E-state index is 12.9. The second-order valence-electron chi connectivity index (χ2n) is 23.1. The Morgan fingerprint density at radius 3 is 0.778 bits per heavy atom. The van der Waals surface area contributed by atoms with Crippen LogP contribution in [0.3, 0.4) is 0 Å². The topological polar surface area (TPSA) is 78.9 Å². The summed E-state index contributed by atoms with van der Waals surface area (Å²) in [7, 11) is 0. The number of esters is 3. The first kappa shape index (κ1) is 77.3. The van der Waals surface area contributed by atoms with Crippen molar-refractivity contribution in [2.45, 2.75) is 348 Å². The van der Waals surface area contributed by atoms with Crippen molar-refractivity contribution in [3.8, 4) is 0 Å². The number of carbonyl (C=O) groups excluding carboxylic acids is 3. The highest BCUT2D eigenvalue weighted by Crippen LogP contribution is 2.17. The highest BCUT2D eigenvalue weighted by Gasteiger charge is 2.19. The predicted octanol–water partition coefficient (Wildman–Crippen LogP) is 24.0. The Bertz CT molecular complexity index is 1580. The first-order valence-corrected chi connectivity index (χ1v) is 34.7. The number of unbranched alkanes of at least 4 members (excludes halogenated alkanes) is 36. The fourth-order valence-electron chi connectivity index (χ4n) is 9.85. The largest absolute Gasteiger partial charge is 0.462 e. The zero-order valence-electron chi connectivity index (χ0n) is 53.5. The highest BCUT2D eigenvalue weighted by atomic mass is 16.6. The molecule has 0 radical (unpaired) electrons. The van der Waals surface area contributed by atoms with E-state index < -0.39 is 6.10 Å². The molecule has 0 N–H and O–H groups in total. The fourth-order valence-corrected chi connectivity index (χ4v) is 9.85. The van der Waals surface area contributed by atoms with Crippen LogP contribution in [0.1, 0.15) is 342 Å². The van der Waals surface area contributed by atoms with Crippen molar-refractivity contribution >= 4 is 17.9 Å². The maximum Gasteiger partial charge on any atom is 0.306 e. The van der Waals surface area contributed by atoms with E-state index in [1.165, 1.54) is 193 Å². The molecule has 0 amide bonds.